The molecule has 1 unspecified atom stereocenters. The second-order valence-electron chi connectivity index (χ2n) is 5.21. The second-order valence-corrected chi connectivity index (χ2v) is 5.21. The van der Waals surface area contributed by atoms with E-state index in [4.69, 9.17) is 0 Å². The summed E-state index contributed by atoms with van der Waals surface area (Å²) in [6.07, 6.45) is -4.30. The Morgan fingerprint density at radius 1 is 1.05 bits per heavy atom. The van der Waals surface area contributed by atoms with Gasteiger partial charge in [0.15, 0.2) is 0 Å². The summed E-state index contributed by atoms with van der Waals surface area (Å²) < 4.78 is 38.1. The molecule has 2 aromatic rings. The van der Waals surface area contributed by atoms with Gasteiger partial charge in [-0.15, -0.1) is 0 Å². The van der Waals surface area contributed by atoms with Crippen LogP contribution in [0.2, 0.25) is 0 Å². The highest BCUT2D eigenvalue weighted by Gasteiger charge is 2.30. The Balaban J connectivity index is 2.03. The standard InChI is InChI=1S/C17H18F3N/c1-12-6-8-14(9-7-12)11-21-13(2)15-4-3-5-16(10-15)17(18,19)20/h3-10,13,21H,11H2,1-2H3. The lowest BCUT2D eigenvalue weighted by atomic mass is 10.0. The summed E-state index contributed by atoms with van der Waals surface area (Å²) in [6, 6.07) is 13.4. The Labute approximate surface area is 122 Å². The molecule has 2 aromatic carbocycles. The fraction of sp³-hybridized carbons (Fsp3) is 0.294. The number of rotatable bonds is 4. The van der Waals surface area contributed by atoms with E-state index in [9.17, 15) is 13.2 Å². The van der Waals surface area contributed by atoms with E-state index in [0.29, 0.717) is 12.1 Å². The number of nitrogens with one attached hydrogen (secondary N) is 1. The van der Waals surface area contributed by atoms with Gasteiger partial charge in [0.05, 0.1) is 5.56 Å². The predicted molar refractivity (Wildman–Crippen MR) is 77.9 cm³/mol. The average Bonchev–Trinajstić information content (AvgIpc) is 2.45. The molecule has 0 fully saturated rings. The van der Waals surface area contributed by atoms with E-state index in [0.717, 1.165) is 11.6 Å². The van der Waals surface area contributed by atoms with Crippen molar-refractivity contribution in [3.8, 4) is 0 Å². The van der Waals surface area contributed by atoms with Gasteiger partial charge >= 0.3 is 6.18 Å². The Morgan fingerprint density at radius 2 is 1.71 bits per heavy atom. The van der Waals surface area contributed by atoms with Crippen LogP contribution in [0.15, 0.2) is 48.5 Å². The molecule has 0 aromatic heterocycles. The van der Waals surface area contributed by atoms with Gasteiger partial charge in [0.1, 0.15) is 0 Å². The van der Waals surface area contributed by atoms with E-state index >= 15 is 0 Å². The fourth-order valence-electron chi connectivity index (χ4n) is 2.08. The van der Waals surface area contributed by atoms with Gasteiger partial charge in [-0.2, -0.15) is 13.2 Å². The van der Waals surface area contributed by atoms with Crippen molar-refractivity contribution in [2.24, 2.45) is 0 Å². The Kier molecular flexibility index (Phi) is 4.68. The summed E-state index contributed by atoms with van der Waals surface area (Å²) in [4.78, 5) is 0. The highest BCUT2D eigenvalue weighted by molar-refractivity contribution is 5.28. The molecule has 1 atom stereocenters. The van der Waals surface area contributed by atoms with E-state index in [1.165, 1.54) is 17.7 Å². The third kappa shape index (κ3) is 4.33. The van der Waals surface area contributed by atoms with Crippen molar-refractivity contribution in [2.45, 2.75) is 32.6 Å². The molecule has 0 saturated heterocycles. The van der Waals surface area contributed by atoms with Gasteiger partial charge in [-0.05, 0) is 37.1 Å². The SMILES string of the molecule is Cc1ccc(CNC(C)c2cccc(C(F)(F)F)c2)cc1. The summed E-state index contributed by atoms with van der Waals surface area (Å²) in [5, 5.41) is 3.25. The van der Waals surface area contributed by atoms with E-state index < -0.39 is 11.7 Å². The highest BCUT2D eigenvalue weighted by atomic mass is 19.4. The van der Waals surface area contributed by atoms with E-state index in [2.05, 4.69) is 5.32 Å². The largest absolute Gasteiger partial charge is 0.416 e. The molecule has 112 valence electrons. The van der Waals surface area contributed by atoms with Crippen molar-refractivity contribution in [3.63, 3.8) is 0 Å². The molecule has 0 aliphatic carbocycles. The lowest BCUT2D eigenvalue weighted by Gasteiger charge is -2.16. The van der Waals surface area contributed by atoms with Crippen molar-refractivity contribution in [2.75, 3.05) is 0 Å². The van der Waals surface area contributed by atoms with Crippen LogP contribution in [0.5, 0.6) is 0 Å². The maximum atomic E-state index is 12.7. The molecule has 21 heavy (non-hydrogen) atoms. The minimum Gasteiger partial charge on any atom is -0.306 e. The van der Waals surface area contributed by atoms with E-state index in [-0.39, 0.29) is 6.04 Å². The minimum absolute atomic E-state index is 0.145. The van der Waals surface area contributed by atoms with Gasteiger partial charge in [0.25, 0.3) is 0 Å². The van der Waals surface area contributed by atoms with E-state index in [1.54, 1.807) is 6.07 Å². The molecule has 0 amide bonds. The number of aryl methyl sites for hydroxylation is 1. The normalized spacial score (nSPS) is 13.2. The van der Waals surface area contributed by atoms with Crippen LogP contribution in [0.3, 0.4) is 0 Å². The summed E-state index contributed by atoms with van der Waals surface area (Å²) >= 11 is 0. The van der Waals surface area contributed by atoms with Gasteiger partial charge in [0.2, 0.25) is 0 Å². The first kappa shape index (κ1) is 15.6. The molecule has 0 aliphatic rings. The quantitative estimate of drug-likeness (QED) is 0.848. The molecule has 2 rings (SSSR count). The molecule has 1 nitrogen and oxygen atoms in total. The molecule has 0 aliphatic heterocycles. The Bertz CT molecular complexity index is 588. The first-order valence-electron chi connectivity index (χ1n) is 6.82. The van der Waals surface area contributed by atoms with Gasteiger partial charge in [-0.25, -0.2) is 0 Å². The number of benzene rings is 2. The molecular formula is C17H18F3N. The third-order valence-electron chi connectivity index (χ3n) is 3.45. The maximum absolute atomic E-state index is 12.7. The van der Waals surface area contributed by atoms with Crippen molar-refractivity contribution in [3.05, 3.63) is 70.8 Å². The van der Waals surface area contributed by atoms with Crippen molar-refractivity contribution < 1.29 is 13.2 Å². The first-order chi connectivity index (χ1) is 9.86. The lowest BCUT2D eigenvalue weighted by molar-refractivity contribution is -0.137. The number of alkyl halides is 3. The van der Waals surface area contributed by atoms with Crippen LogP contribution >= 0.6 is 0 Å². The second kappa shape index (κ2) is 6.31. The minimum atomic E-state index is -4.30. The highest BCUT2D eigenvalue weighted by Crippen LogP contribution is 2.30. The summed E-state index contributed by atoms with van der Waals surface area (Å²) in [5.74, 6) is 0. The lowest BCUT2D eigenvalue weighted by Crippen LogP contribution is -2.18. The topological polar surface area (TPSA) is 12.0 Å². The van der Waals surface area contributed by atoms with Crippen molar-refractivity contribution in [1.82, 2.24) is 5.32 Å². The molecular weight excluding hydrogens is 275 g/mol. The molecule has 1 N–H and O–H groups in total. The molecule has 0 bridgehead atoms. The number of hydrogen-bond acceptors (Lipinski definition) is 1. The third-order valence-corrected chi connectivity index (χ3v) is 3.45. The first-order valence-corrected chi connectivity index (χ1v) is 6.82. The van der Waals surface area contributed by atoms with Crippen LogP contribution in [-0.2, 0) is 12.7 Å². The molecule has 0 spiro atoms. The maximum Gasteiger partial charge on any atom is 0.416 e. The fourth-order valence-corrected chi connectivity index (χ4v) is 2.08. The number of halogens is 3. The zero-order valence-corrected chi connectivity index (χ0v) is 12.0. The Hall–Kier alpha value is -1.81. The van der Waals surface area contributed by atoms with Crippen LogP contribution in [0.4, 0.5) is 13.2 Å². The van der Waals surface area contributed by atoms with Gasteiger partial charge in [-0.1, -0.05) is 42.0 Å². The monoisotopic (exact) mass is 293 g/mol. The van der Waals surface area contributed by atoms with Crippen molar-refractivity contribution >= 4 is 0 Å². The zero-order chi connectivity index (χ0) is 15.5. The summed E-state index contributed by atoms with van der Waals surface area (Å²) in [7, 11) is 0. The predicted octanol–water partition coefficient (Wildman–Crippen LogP) is 4.86. The van der Waals surface area contributed by atoms with Crippen LogP contribution in [-0.4, -0.2) is 0 Å². The molecule has 0 radical (unpaired) electrons. The zero-order valence-electron chi connectivity index (χ0n) is 12.0. The van der Waals surface area contributed by atoms with Gasteiger partial charge in [-0.3, -0.25) is 0 Å². The molecule has 0 heterocycles. The van der Waals surface area contributed by atoms with Crippen LogP contribution in [0.25, 0.3) is 0 Å². The van der Waals surface area contributed by atoms with Gasteiger partial charge < -0.3 is 5.32 Å². The Morgan fingerprint density at radius 3 is 2.33 bits per heavy atom. The van der Waals surface area contributed by atoms with Crippen LogP contribution in [0, 0.1) is 6.92 Å². The van der Waals surface area contributed by atoms with E-state index in [1.807, 2.05) is 38.1 Å². The van der Waals surface area contributed by atoms with Gasteiger partial charge in [0, 0.05) is 12.6 Å². The van der Waals surface area contributed by atoms with Crippen molar-refractivity contribution in [1.29, 1.82) is 0 Å². The average molecular weight is 293 g/mol. The van der Waals surface area contributed by atoms with Crippen LogP contribution in [0.1, 0.15) is 35.2 Å². The summed E-state index contributed by atoms with van der Waals surface area (Å²) in [6.45, 7) is 4.50. The smallest absolute Gasteiger partial charge is 0.306 e. The number of hydrogen-bond donors (Lipinski definition) is 1. The summed E-state index contributed by atoms with van der Waals surface area (Å²) in [5.41, 5.74) is 2.32. The molecule has 0 saturated carbocycles. The molecule has 4 heteroatoms. The van der Waals surface area contributed by atoms with Crippen LogP contribution < -0.4 is 5.32 Å².